The average molecular weight is 378 g/mol. The molecule has 1 spiro atoms. The molecule has 27 heavy (non-hydrogen) atoms. The third-order valence-electron chi connectivity index (χ3n) is 4.81. The largest absolute Gasteiger partial charge is 0.456 e. The lowest BCUT2D eigenvalue weighted by Gasteiger charge is -2.47. The number of hydrogen-bond acceptors (Lipinski definition) is 8. The number of ether oxygens (including phenoxy) is 5. The van der Waals surface area contributed by atoms with Gasteiger partial charge in [0, 0.05) is 21.0 Å². The van der Waals surface area contributed by atoms with Crippen LogP contribution in [0.2, 0.25) is 0 Å². The Balaban J connectivity index is 1.83. The molecule has 0 N–H and O–H groups in total. The predicted octanol–water partition coefficient (Wildman–Crippen LogP) is 1.61. The Labute approximate surface area is 156 Å². The van der Waals surface area contributed by atoms with Gasteiger partial charge in [-0.15, -0.1) is 0 Å². The van der Waals surface area contributed by atoms with Crippen molar-refractivity contribution in [2.45, 2.75) is 56.9 Å². The zero-order chi connectivity index (χ0) is 19.6. The molecule has 2 unspecified atom stereocenters. The van der Waals surface area contributed by atoms with Crippen LogP contribution in [-0.4, -0.2) is 55.2 Å². The zero-order valence-electron chi connectivity index (χ0n) is 15.4. The average Bonchev–Trinajstić information content (AvgIpc) is 2.94. The Morgan fingerprint density at radius 2 is 1.70 bits per heavy atom. The molecule has 1 heterocycles. The normalized spacial score (nSPS) is 31.8. The first kappa shape index (κ1) is 19.3. The summed E-state index contributed by atoms with van der Waals surface area (Å²) in [7, 11) is 1.40. The summed E-state index contributed by atoms with van der Waals surface area (Å²) in [4.78, 5) is 35.6. The van der Waals surface area contributed by atoms with Crippen LogP contribution in [0.4, 0.5) is 0 Å². The SMILES string of the molecule is COC1O[C@@]2(CC[C@H]2OC(=O)c2ccccc2)[C@H](OC(C)=O)C1OC(C)=O. The Kier molecular flexibility index (Phi) is 5.48. The first-order valence-corrected chi connectivity index (χ1v) is 8.68. The van der Waals surface area contributed by atoms with Crippen molar-refractivity contribution < 1.29 is 38.1 Å². The van der Waals surface area contributed by atoms with Gasteiger partial charge in [-0.05, 0) is 25.0 Å². The van der Waals surface area contributed by atoms with Gasteiger partial charge >= 0.3 is 17.9 Å². The minimum absolute atomic E-state index is 0.404. The van der Waals surface area contributed by atoms with Crippen LogP contribution < -0.4 is 0 Å². The summed E-state index contributed by atoms with van der Waals surface area (Å²) in [5.41, 5.74) is -0.710. The van der Waals surface area contributed by atoms with Crippen molar-refractivity contribution in [3.8, 4) is 0 Å². The van der Waals surface area contributed by atoms with Gasteiger partial charge in [-0.1, -0.05) is 18.2 Å². The van der Waals surface area contributed by atoms with Crippen molar-refractivity contribution in [2.75, 3.05) is 7.11 Å². The molecule has 1 aromatic carbocycles. The van der Waals surface area contributed by atoms with Crippen LogP contribution in [0.25, 0.3) is 0 Å². The molecule has 0 radical (unpaired) electrons. The monoisotopic (exact) mass is 378 g/mol. The Bertz CT molecular complexity index is 718. The van der Waals surface area contributed by atoms with Gasteiger partial charge in [-0.3, -0.25) is 9.59 Å². The van der Waals surface area contributed by atoms with E-state index in [1.165, 1.54) is 21.0 Å². The standard InChI is InChI=1S/C19H22O8/c1-11(20)24-15-16(25-12(2)21)19(27-18(15)23-3)10-9-14(19)26-17(22)13-7-5-4-6-8-13/h4-8,14-16,18H,9-10H2,1-3H3/t14-,15?,16-,18?,19-/m1/s1. The molecular formula is C19H22O8. The number of benzene rings is 1. The molecule has 1 aliphatic heterocycles. The third kappa shape index (κ3) is 3.68. The van der Waals surface area contributed by atoms with Crippen LogP contribution in [-0.2, 0) is 33.3 Å². The van der Waals surface area contributed by atoms with Gasteiger partial charge < -0.3 is 23.7 Å². The fourth-order valence-corrected chi connectivity index (χ4v) is 3.55. The molecule has 8 nitrogen and oxygen atoms in total. The highest BCUT2D eigenvalue weighted by atomic mass is 16.7. The lowest BCUT2D eigenvalue weighted by Crippen LogP contribution is -2.62. The van der Waals surface area contributed by atoms with Gasteiger partial charge in [-0.2, -0.15) is 0 Å². The summed E-state index contributed by atoms with van der Waals surface area (Å²) in [6.07, 6.45) is -2.49. The Morgan fingerprint density at radius 1 is 1.04 bits per heavy atom. The Morgan fingerprint density at radius 3 is 2.22 bits per heavy atom. The molecule has 1 saturated heterocycles. The summed E-state index contributed by atoms with van der Waals surface area (Å²) in [5.74, 6) is -1.62. The summed E-state index contributed by atoms with van der Waals surface area (Å²) < 4.78 is 27.6. The van der Waals surface area contributed by atoms with Crippen molar-refractivity contribution >= 4 is 17.9 Å². The van der Waals surface area contributed by atoms with Crippen LogP contribution in [0, 0.1) is 0 Å². The van der Waals surface area contributed by atoms with Crippen molar-refractivity contribution in [3.63, 3.8) is 0 Å². The number of esters is 3. The fraction of sp³-hybridized carbons (Fsp3) is 0.526. The summed E-state index contributed by atoms with van der Waals surface area (Å²) in [5, 5.41) is 0. The van der Waals surface area contributed by atoms with E-state index in [1.807, 2.05) is 0 Å². The highest BCUT2D eigenvalue weighted by Gasteiger charge is 2.68. The molecule has 2 fully saturated rings. The van der Waals surface area contributed by atoms with E-state index in [0.717, 1.165) is 0 Å². The molecule has 146 valence electrons. The summed E-state index contributed by atoms with van der Waals surface area (Å²) in [6.45, 7) is 2.50. The molecule has 1 saturated carbocycles. The number of rotatable bonds is 5. The van der Waals surface area contributed by atoms with Crippen LogP contribution >= 0.6 is 0 Å². The van der Waals surface area contributed by atoms with Gasteiger partial charge in [0.25, 0.3) is 0 Å². The maximum absolute atomic E-state index is 12.4. The highest BCUT2D eigenvalue weighted by Crippen LogP contribution is 2.50. The van der Waals surface area contributed by atoms with Crippen LogP contribution in [0.1, 0.15) is 37.0 Å². The fourth-order valence-electron chi connectivity index (χ4n) is 3.55. The van der Waals surface area contributed by atoms with Gasteiger partial charge in [0.1, 0.15) is 11.7 Å². The van der Waals surface area contributed by atoms with E-state index < -0.39 is 48.1 Å². The van der Waals surface area contributed by atoms with Crippen LogP contribution in [0.3, 0.4) is 0 Å². The highest BCUT2D eigenvalue weighted by molar-refractivity contribution is 5.89. The second kappa shape index (κ2) is 7.66. The van der Waals surface area contributed by atoms with Crippen molar-refractivity contribution in [3.05, 3.63) is 35.9 Å². The maximum atomic E-state index is 12.4. The summed E-state index contributed by atoms with van der Waals surface area (Å²) in [6, 6.07) is 8.56. The minimum atomic E-state index is -1.11. The van der Waals surface area contributed by atoms with Crippen LogP contribution in [0.5, 0.6) is 0 Å². The minimum Gasteiger partial charge on any atom is -0.456 e. The second-order valence-corrected chi connectivity index (χ2v) is 6.58. The number of carbonyl (C=O) groups excluding carboxylic acids is 3. The van der Waals surface area contributed by atoms with E-state index in [4.69, 9.17) is 23.7 Å². The molecule has 5 atom stereocenters. The van der Waals surface area contributed by atoms with E-state index in [1.54, 1.807) is 30.3 Å². The maximum Gasteiger partial charge on any atom is 0.338 e. The van der Waals surface area contributed by atoms with Crippen molar-refractivity contribution in [1.29, 1.82) is 0 Å². The quantitative estimate of drug-likeness (QED) is 0.563. The van der Waals surface area contributed by atoms with Crippen molar-refractivity contribution in [2.24, 2.45) is 0 Å². The predicted molar refractivity (Wildman–Crippen MR) is 90.6 cm³/mol. The Hall–Kier alpha value is -2.45. The van der Waals surface area contributed by atoms with Gasteiger partial charge in [0.05, 0.1) is 5.56 Å². The molecule has 8 heteroatoms. The lowest BCUT2D eigenvalue weighted by atomic mass is 9.72. The molecule has 1 aromatic rings. The molecule has 0 amide bonds. The topological polar surface area (TPSA) is 97.4 Å². The zero-order valence-corrected chi connectivity index (χ0v) is 15.4. The van der Waals surface area contributed by atoms with E-state index in [0.29, 0.717) is 18.4 Å². The van der Waals surface area contributed by atoms with E-state index >= 15 is 0 Å². The smallest absolute Gasteiger partial charge is 0.338 e. The lowest BCUT2D eigenvalue weighted by molar-refractivity contribution is -0.245. The first-order valence-electron chi connectivity index (χ1n) is 8.68. The second-order valence-electron chi connectivity index (χ2n) is 6.58. The van der Waals surface area contributed by atoms with E-state index in [-0.39, 0.29) is 0 Å². The molecule has 1 aliphatic carbocycles. The molecule has 3 rings (SSSR count). The van der Waals surface area contributed by atoms with Gasteiger partial charge in [0.2, 0.25) is 0 Å². The molecule has 0 bridgehead atoms. The van der Waals surface area contributed by atoms with Gasteiger partial charge in [-0.25, -0.2) is 4.79 Å². The first-order chi connectivity index (χ1) is 12.9. The molecular weight excluding hydrogens is 356 g/mol. The number of hydrogen-bond donors (Lipinski definition) is 0. The third-order valence-corrected chi connectivity index (χ3v) is 4.81. The molecule has 2 aliphatic rings. The number of carbonyl (C=O) groups is 3. The van der Waals surface area contributed by atoms with Crippen molar-refractivity contribution in [1.82, 2.24) is 0 Å². The van der Waals surface area contributed by atoms with Crippen LogP contribution in [0.15, 0.2) is 30.3 Å². The summed E-state index contributed by atoms with van der Waals surface area (Å²) >= 11 is 0. The van der Waals surface area contributed by atoms with E-state index in [9.17, 15) is 14.4 Å². The number of methoxy groups -OCH3 is 1. The van der Waals surface area contributed by atoms with Gasteiger partial charge in [0.15, 0.2) is 18.5 Å². The molecule has 0 aromatic heterocycles. The van der Waals surface area contributed by atoms with E-state index in [2.05, 4.69) is 0 Å².